The van der Waals surface area contributed by atoms with E-state index in [-0.39, 0.29) is 0 Å². The third-order valence-corrected chi connectivity index (χ3v) is 0.418. The highest BCUT2D eigenvalue weighted by atomic mass is 16.5. The molecule has 0 fully saturated rings. The molecule has 0 atom stereocenters. The maximum absolute atomic E-state index is 5.12. The molecule has 2 nitrogen and oxygen atoms in total. The molecule has 0 amide bonds. The number of allylic oxidation sites excluding steroid dienone is 1. The van der Waals surface area contributed by atoms with Crippen LogP contribution in [0.15, 0.2) is 24.6 Å². The minimum absolute atomic E-state index is 0.502. The largest absolute Gasteiger partial charge is 0.504 e. The maximum atomic E-state index is 5.12. The summed E-state index contributed by atoms with van der Waals surface area (Å²) in [4.78, 5) is 0. The van der Waals surface area contributed by atoms with E-state index < -0.39 is 0 Å². The van der Waals surface area contributed by atoms with Gasteiger partial charge in [-0.25, -0.2) is 0 Å². The van der Waals surface area contributed by atoms with Gasteiger partial charge >= 0.3 is 0 Å². The van der Waals surface area contributed by atoms with Crippen LogP contribution in [0.4, 0.5) is 0 Å². The predicted molar refractivity (Wildman–Crippen MR) is 29.5 cm³/mol. The molecule has 0 radical (unpaired) electrons. The van der Waals surface area contributed by atoms with Gasteiger partial charge in [0.25, 0.3) is 0 Å². The number of nitrogens with two attached hydrogens (primary N) is 1. The van der Waals surface area contributed by atoms with Crippen LogP contribution in [0, 0.1) is 0 Å². The van der Waals surface area contributed by atoms with Gasteiger partial charge in [-0.05, 0) is 6.08 Å². The second-order valence-electron chi connectivity index (χ2n) is 1.11. The van der Waals surface area contributed by atoms with E-state index in [1.165, 1.54) is 6.26 Å². The number of methoxy groups -OCH3 is 1. The number of rotatable bonds is 2. The smallest absolute Gasteiger partial charge is 0.0844 e. The van der Waals surface area contributed by atoms with Crippen LogP contribution in [0.2, 0.25) is 0 Å². The van der Waals surface area contributed by atoms with Crippen molar-refractivity contribution in [2.24, 2.45) is 5.73 Å². The van der Waals surface area contributed by atoms with Gasteiger partial charge in [-0.15, -0.1) is 0 Å². The molecule has 0 aliphatic carbocycles. The first kappa shape index (κ1) is 6.08. The summed E-state index contributed by atoms with van der Waals surface area (Å²) in [5.74, 6) is 0. The van der Waals surface area contributed by atoms with E-state index in [2.05, 4.69) is 11.3 Å². The maximum Gasteiger partial charge on any atom is 0.0844 e. The number of hydrogen-bond donors (Lipinski definition) is 1. The Morgan fingerprint density at radius 2 is 2.43 bits per heavy atom. The third kappa shape index (κ3) is 5.08. The lowest BCUT2D eigenvalue weighted by Crippen LogP contribution is -1.88. The van der Waals surface area contributed by atoms with Gasteiger partial charge < -0.3 is 10.5 Å². The SMILES string of the molecule is C=C(N)/C=C/OC. The first-order chi connectivity index (χ1) is 3.27. The zero-order valence-corrected chi connectivity index (χ0v) is 4.35. The Balaban J connectivity index is 3.26. The van der Waals surface area contributed by atoms with Gasteiger partial charge in [-0.2, -0.15) is 0 Å². The van der Waals surface area contributed by atoms with E-state index in [9.17, 15) is 0 Å². The molecule has 0 rings (SSSR count). The monoisotopic (exact) mass is 99.1 g/mol. The summed E-state index contributed by atoms with van der Waals surface area (Å²) in [5, 5.41) is 0. The quantitative estimate of drug-likeness (QED) is 0.407. The lowest BCUT2D eigenvalue weighted by molar-refractivity contribution is 0.338. The normalized spacial score (nSPS) is 9.29. The van der Waals surface area contributed by atoms with Crippen molar-refractivity contribution in [1.82, 2.24) is 0 Å². The van der Waals surface area contributed by atoms with Crippen molar-refractivity contribution in [3.05, 3.63) is 24.6 Å². The van der Waals surface area contributed by atoms with Gasteiger partial charge in [0.05, 0.1) is 13.4 Å². The van der Waals surface area contributed by atoms with E-state index in [1.807, 2.05) is 0 Å². The standard InChI is InChI=1S/C5H9NO/c1-5(6)3-4-7-2/h3-4H,1,6H2,2H3/b4-3+. The Labute approximate surface area is 43.3 Å². The van der Waals surface area contributed by atoms with Gasteiger partial charge in [-0.3, -0.25) is 0 Å². The zero-order valence-electron chi connectivity index (χ0n) is 4.35. The minimum Gasteiger partial charge on any atom is -0.504 e. The lowest BCUT2D eigenvalue weighted by atomic mass is 10.5. The minimum atomic E-state index is 0.502. The lowest BCUT2D eigenvalue weighted by Gasteiger charge is -1.84. The van der Waals surface area contributed by atoms with E-state index in [0.717, 1.165) is 0 Å². The molecule has 0 saturated carbocycles. The molecule has 0 aliphatic rings. The van der Waals surface area contributed by atoms with Crippen molar-refractivity contribution in [1.29, 1.82) is 0 Å². The van der Waals surface area contributed by atoms with Crippen molar-refractivity contribution in [2.45, 2.75) is 0 Å². The molecular weight excluding hydrogens is 90.1 g/mol. The Kier molecular flexibility index (Phi) is 2.85. The highest BCUT2D eigenvalue weighted by Gasteiger charge is 1.67. The Bertz CT molecular complexity index is 86.1. The second kappa shape index (κ2) is 3.28. The van der Waals surface area contributed by atoms with Crippen molar-refractivity contribution in [3.63, 3.8) is 0 Å². The summed E-state index contributed by atoms with van der Waals surface area (Å²) in [6.45, 7) is 3.40. The van der Waals surface area contributed by atoms with Crippen LogP contribution in [0.5, 0.6) is 0 Å². The fraction of sp³-hybridized carbons (Fsp3) is 0.200. The molecule has 0 saturated heterocycles. The summed E-state index contributed by atoms with van der Waals surface area (Å²) < 4.78 is 4.53. The molecule has 0 aliphatic heterocycles. The van der Waals surface area contributed by atoms with Gasteiger partial charge in [0.2, 0.25) is 0 Å². The molecular formula is C5H9NO. The Hall–Kier alpha value is -0.920. The van der Waals surface area contributed by atoms with Crippen LogP contribution in [0.1, 0.15) is 0 Å². The molecule has 2 heteroatoms. The van der Waals surface area contributed by atoms with Gasteiger partial charge in [0, 0.05) is 5.70 Å². The highest BCUT2D eigenvalue weighted by Crippen LogP contribution is 1.78. The molecule has 0 bridgehead atoms. The molecule has 0 aromatic carbocycles. The first-order valence-corrected chi connectivity index (χ1v) is 1.91. The Morgan fingerprint density at radius 1 is 1.86 bits per heavy atom. The van der Waals surface area contributed by atoms with Crippen molar-refractivity contribution < 1.29 is 4.74 Å². The molecule has 2 N–H and O–H groups in total. The number of hydrogen-bond acceptors (Lipinski definition) is 2. The molecule has 40 valence electrons. The van der Waals surface area contributed by atoms with Crippen molar-refractivity contribution in [2.75, 3.05) is 7.11 Å². The van der Waals surface area contributed by atoms with Crippen molar-refractivity contribution in [3.8, 4) is 0 Å². The molecule has 0 heterocycles. The van der Waals surface area contributed by atoms with E-state index in [4.69, 9.17) is 5.73 Å². The summed E-state index contributed by atoms with van der Waals surface area (Å²) >= 11 is 0. The van der Waals surface area contributed by atoms with E-state index in [1.54, 1.807) is 13.2 Å². The Morgan fingerprint density at radius 3 is 2.57 bits per heavy atom. The highest BCUT2D eigenvalue weighted by molar-refractivity contribution is 5.06. The van der Waals surface area contributed by atoms with Crippen LogP contribution < -0.4 is 5.73 Å². The van der Waals surface area contributed by atoms with Crippen LogP contribution in [-0.4, -0.2) is 7.11 Å². The molecule has 0 unspecified atom stereocenters. The van der Waals surface area contributed by atoms with Crippen LogP contribution in [0.25, 0.3) is 0 Å². The van der Waals surface area contributed by atoms with Crippen LogP contribution in [0.3, 0.4) is 0 Å². The zero-order chi connectivity index (χ0) is 5.70. The van der Waals surface area contributed by atoms with Gasteiger partial charge in [0.15, 0.2) is 0 Å². The summed E-state index contributed by atoms with van der Waals surface area (Å²) in [6, 6.07) is 0. The fourth-order valence-electron chi connectivity index (χ4n) is 0.155. The van der Waals surface area contributed by atoms with Crippen molar-refractivity contribution >= 4 is 0 Å². The topological polar surface area (TPSA) is 35.2 Å². The first-order valence-electron chi connectivity index (χ1n) is 1.91. The molecule has 7 heavy (non-hydrogen) atoms. The molecule has 0 spiro atoms. The average molecular weight is 99.1 g/mol. The summed E-state index contributed by atoms with van der Waals surface area (Å²) in [6.07, 6.45) is 3.06. The van der Waals surface area contributed by atoms with Gasteiger partial charge in [-0.1, -0.05) is 6.58 Å². The average Bonchev–Trinajstić information content (AvgIpc) is 1.61. The summed E-state index contributed by atoms with van der Waals surface area (Å²) in [7, 11) is 1.56. The second-order valence-corrected chi connectivity index (χ2v) is 1.11. The molecule has 0 aromatic rings. The van der Waals surface area contributed by atoms with Gasteiger partial charge in [0.1, 0.15) is 0 Å². The van der Waals surface area contributed by atoms with E-state index in [0.29, 0.717) is 5.70 Å². The number of ether oxygens (including phenoxy) is 1. The predicted octanol–water partition coefficient (Wildman–Crippen LogP) is 0.619. The third-order valence-electron chi connectivity index (χ3n) is 0.418. The fourth-order valence-corrected chi connectivity index (χ4v) is 0.155. The van der Waals surface area contributed by atoms with E-state index >= 15 is 0 Å². The van der Waals surface area contributed by atoms with Crippen LogP contribution >= 0.6 is 0 Å². The summed E-state index contributed by atoms with van der Waals surface area (Å²) in [5.41, 5.74) is 5.62. The molecule has 0 aromatic heterocycles. The van der Waals surface area contributed by atoms with Crippen LogP contribution in [-0.2, 0) is 4.74 Å².